The second-order valence-electron chi connectivity index (χ2n) is 5.03. The van der Waals surface area contributed by atoms with Gasteiger partial charge in [0, 0.05) is 6.54 Å². The molecule has 5 heteroatoms. The number of hydrogen-bond acceptors (Lipinski definition) is 3. The van der Waals surface area contributed by atoms with Gasteiger partial charge in [-0.1, -0.05) is 12.1 Å². The van der Waals surface area contributed by atoms with Crippen LogP contribution in [0.3, 0.4) is 0 Å². The molecule has 0 bridgehead atoms. The molecule has 2 aliphatic heterocycles. The second-order valence-corrected chi connectivity index (χ2v) is 5.03. The molecular weight excluding hydrogens is 259 g/mol. The van der Waals surface area contributed by atoms with Gasteiger partial charge in [-0.15, -0.1) is 0 Å². The van der Waals surface area contributed by atoms with Crippen molar-refractivity contribution < 1.29 is 14.0 Å². The van der Waals surface area contributed by atoms with E-state index in [0.29, 0.717) is 29.7 Å². The normalized spacial score (nSPS) is 21.1. The fourth-order valence-electron chi connectivity index (χ4n) is 2.62. The number of amides is 2. The smallest absolute Gasteiger partial charge is 0.261 e. The average molecular weight is 274 g/mol. The summed E-state index contributed by atoms with van der Waals surface area (Å²) in [5.74, 6) is -1.19. The first-order valence-electron chi connectivity index (χ1n) is 6.71. The number of rotatable bonds is 2. The number of nitrogens with zero attached hydrogens (tertiary/aromatic N) is 1. The third-order valence-corrected chi connectivity index (χ3v) is 3.73. The van der Waals surface area contributed by atoms with E-state index in [1.54, 1.807) is 24.3 Å². The summed E-state index contributed by atoms with van der Waals surface area (Å²) in [5, 5.41) is 3.09. The highest BCUT2D eigenvalue weighted by Crippen LogP contribution is 2.25. The van der Waals surface area contributed by atoms with Crippen molar-refractivity contribution in [3.63, 3.8) is 0 Å². The lowest BCUT2D eigenvalue weighted by atomic mass is 10.1. The van der Waals surface area contributed by atoms with Crippen LogP contribution in [0.15, 0.2) is 35.7 Å². The van der Waals surface area contributed by atoms with E-state index in [-0.39, 0.29) is 12.4 Å². The summed E-state index contributed by atoms with van der Waals surface area (Å²) in [4.78, 5) is 25.2. The van der Waals surface area contributed by atoms with Gasteiger partial charge >= 0.3 is 0 Å². The highest BCUT2D eigenvalue weighted by molar-refractivity contribution is 6.21. The van der Waals surface area contributed by atoms with E-state index in [1.807, 2.05) is 0 Å². The molecule has 104 valence electrons. The minimum Gasteiger partial charge on any atom is -0.313 e. The number of hydrogen-bond donors (Lipinski definition) is 1. The minimum absolute atomic E-state index is 0.261. The number of carbonyl (C=O) groups is 2. The number of halogens is 1. The van der Waals surface area contributed by atoms with Gasteiger partial charge in [0.25, 0.3) is 11.8 Å². The maximum atomic E-state index is 14.2. The molecule has 0 aromatic heterocycles. The van der Waals surface area contributed by atoms with Crippen LogP contribution in [0.25, 0.3) is 0 Å². The Balaban J connectivity index is 1.83. The quantitative estimate of drug-likeness (QED) is 0.838. The average Bonchev–Trinajstić information content (AvgIpc) is 2.74. The van der Waals surface area contributed by atoms with Crippen molar-refractivity contribution in [2.75, 3.05) is 19.6 Å². The summed E-state index contributed by atoms with van der Waals surface area (Å²) in [7, 11) is 0. The monoisotopic (exact) mass is 274 g/mol. The Hall–Kier alpha value is -2.01. The summed E-state index contributed by atoms with van der Waals surface area (Å²) < 4.78 is 14.2. The zero-order valence-corrected chi connectivity index (χ0v) is 11.0. The molecule has 20 heavy (non-hydrogen) atoms. The summed E-state index contributed by atoms with van der Waals surface area (Å²) in [6, 6.07) is 6.60. The molecular formula is C15H15FN2O2. The van der Waals surface area contributed by atoms with Crippen LogP contribution in [0.1, 0.15) is 33.6 Å². The summed E-state index contributed by atoms with van der Waals surface area (Å²) in [5.41, 5.74) is 1.38. The van der Waals surface area contributed by atoms with Gasteiger partial charge in [0.05, 0.1) is 17.7 Å². The maximum Gasteiger partial charge on any atom is 0.261 e. The third kappa shape index (κ3) is 2.14. The van der Waals surface area contributed by atoms with Crippen molar-refractivity contribution in [2.24, 2.45) is 0 Å². The van der Waals surface area contributed by atoms with Crippen molar-refractivity contribution in [3.05, 3.63) is 46.8 Å². The van der Waals surface area contributed by atoms with E-state index < -0.39 is 11.8 Å². The van der Waals surface area contributed by atoms with Crippen molar-refractivity contribution in [1.82, 2.24) is 10.2 Å². The number of piperidine rings is 1. The molecule has 0 unspecified atom stereocenters. The van der Waals surface area contributed by atoms with Gasteiger partial charge in [0.2, 0.25) is 0 Å². The third-order valence-electron chi connectivity index (χ3n) is 3.73. The van der Waals surface area contributed by atoms with Crippen LogP contribution < -0.4 is 5.32 Å². The summed E-state index contributed by atoms with van der Waals surface area (Å²) in [6.07, 6.45) is 1.56. The minimum atomic E-state index is -0.412. The Kier molecular flexibility index (Phi) is 3.36. The Morgan fingerprint density at radius 1 is 1.20 bits per heavy atom. The van der Waals surface area contributed by atoms with Crippen LogP contribution in [-0.4, -0.2) is 36.3 Å². The van der Waals surface area contributed by atoms with Gasteiger partial charge in [0.15, 0.2) is 0 Å². The van der Waals surface area contributed by atoms with Crippen molar-refractivity contribution >= 4 is 11.8 Å². The van der Waals surface area contributed by atoms with Crippen molar-refractivity contribution in [2.45, 2.75) is 12.8 Å². The summed E-state index contributed by atoms with van der Waals surface area (Å²) >= 11 is 0. The SMILES string of the molecule is O=C1c2ccccc2C(=O)N1C/C(F)=C1\CCCNC1. The first-order chi connectivity index (χ1) is 9.68. The highest BCUT2D eigenvalue weighted by Gasteiger charge is 2.35. The van der Waals surface area contributed by atoms with Crippen LogP contribution in [-0.2, 0) is 0 Å². The number of imide groups is 1. The molecule has 1 aromatic carbocycles. The standard InChI is InChI=1S/C15H15FN2O2/c16-13(10-4-3-7-17-8-10)9-18-14(19)11-5-1-2-6-12(11)15(18)20/h1-2,5-6,17H,3-4,7-9H2/b13-10-. The fourth-order valence-corrected chi connectivity index (χ4v) is 2.62. The van der Waals surface area contributed by atoms with Crippen molar-refractivity contribution in [3.8, 4) is 0 Å². The van der Waals surface area contributed by atoms with Crippen LogP contribution >= 0.6 is 0 Å². The van der Waals surface area contributed by atoms with Crippen LogP contribution in [0.5, 0.6) is 0 Å². The van der Waals surface area contributed by atoms with E-state index in [1.165, 1.54) is 0 Å². The lowest BCUT2D eigenvalue weighted by molar-refractivity contribution is 0.0659. The molecule has 1 aromatic rings. The van der Waals surface area contributed by atoms with Crippen LogP contribution in [0.4, 0.5) is 4.39 Å². The van der Waals surface area contributed by atoms with Gasteiger partial charge in [-0.05, 0) is 37.1 Å². The van der Waals surface area contributed by atoms with E-state index in [0.717, 1.165) is 17.9 Å². The number of carbonyl (C=O) groups excluding carboxylic acids is 2. The molecule has 4 nitrogen and oxygen atoms in total. The number of benzene rings is 1. The molecule has 3 rings (SSSR count). The Labute approximate surface area is 116 Å². The van der Waals surface area contributed by atoms with E-state index >= 15 is 0 Å². The van der Waals surface area contributed by atoms with E-state index in [4.69, 9.17) is 0 Å². The van der Waals surface area contributed by atoms with Gasteiger partial charge < -0.3 is 5.32 Å². The Morgan fingerprint density at radius 3 is 2.40 bits per heavy atom. The molecule has 1 N–H and O–H groups in total. The molecule has 2 aliphatic rings. The van der Waals surface area contributed by atoms with Crippen LogP contribution in [0.2, 0.25) is 0 Å². The van der Waals surface area contributed by atoms with Gasteiger partial charge in [0.1, 0.15) is 5.83 Å². The zero-order chi connectivity index (χ0) is 14.1. The molecule has 2 heterocycles. The molecule has 1 fully saturated rings. The lowest BCUT2D eigenvalue weighted by Crippen LogP contribution is -2.32. The Morgan fingerprint density at radius 2 is 1.85 bits per heavy atom. The fraction of sp³-hybridized carbons (Fsp3) is 0.333. The molecule has 0 saturated carbocycles. The number of nitrogens with one attached hydrogen (secondary N) is 1. The molecule has 1 saturated heterocycles. The predicted molar refractivity (Wildman–Crippen MR) is 72.0 cm³/mol. The largest absolute Gasteiger partial charge is 0.313 e. The molecule has 2 amide bonds. The van der Waals surface area contributed by atoms with E-state index in [2.05, 4.69) is 5.32 Å². The highest BCUT2D eigenvalue weighted by atomic mass is 19.1. The summed E-state index contributed by atoms with van der Waals surface area (Å²) in [6.45, 7) is 1.11. The zero-order valence-electron chi connectivity index (χ0n) is 11.0. The molecule has 0 spiro atoms. The number of fused-ring (bicyclic) bond motifs is 1. The van der Waals surface area contributed by atoms with Crippen molar-refractivity contribution in [1.29, 1.82) is 0 Å². The van der Waals surface area contributed by atoms with Crippen LogP contribution in [0, 0.1) is 0 Å². The second kappa shape index (κ2) is 5.17. The predicted octanol–water partition coefficient (Wildman–Crippen LogP) is 1.89. The first-order valence-corrected chi connectivity index (χ1v) is 6.71. The van der Waals surface area contributed by atoms with Gasteiger partial charge in [-0.25, -0.2) is 4.39 Å². The Bertz CT molecular complexity index is 567. The molecule has 0 radical (unpaired) electrons. The maximum absolute atomic E-state index is 14.2. The first kappa shape index (κ1) is 13.0. The van der Waals surface area contributed by atoms with Gasteiger partial charge in [-0.3, -0.25) is 14.5 Å². The topological polar surface area (TPSA) is 49.4 Å². The lowest BCUT2D eigenvalue weighted by Gasteiger charge is -2.19. The van der Waals surface area contributed by atoms with Gasteiger partial charge in [-0.2, -0.15) is 0 Å². The molecule has 0 atom stereocenters. The molecule has 0 aliphatic carbocycles. The van der Waals surface area contributed by atoms with E-state index in [9.17, 15) is 14.0 Å².